The molecule has 0 spiro atoms. The molecule has 0 saturated carbocycles. The molecule has 0 unspecified atom stereocenters. The number of halogens is 13. The van der Waals surface area contributed by atoms with E-state index in [1.165, 1.54) is 48.5 Å². The second-order valence-corrected chi connectivity index (χ2v) is 16.0. The van der Waals surface area contributed by atoms with Gasteiger partial charge in [-0.05, 0) is 123 Å². The van der Waals surface area contributed by atoms with Gasteiger partial charge in [0.1, 0.15) is 5.49 Å². The SMILES string of the molecule is FC(F)(F)c1ccc(C2=C3C=CC(=N3)C(c3ccc(C(F)(F)F)cc3)=c3ccc([nH]3)=C(c3ccc(C(F)(F)F)cc3)C3=C(Br)c4c(-c5ccc(C(F)(F)F)cc5)c5ccc2n5c4=N3)cc1. The van der Waals surface area contributed by atoms with Crippen molar-refractivity contribution in [2.75, 3.05) is 0 Å². The summed E-state index contributed by atoms with van der Waals surface area (Å²) in [5.41, 5.74) is 0.788. The average Bonchev–Trinajstić information content (AvgIpc) is 4.09. The first-order valence-electron chi connectivity index (χ1n) is 19.3. The van der Waals surface area contributed by atoms with Gasteiger partial charge in [0, 0.05) is 38.5 Å². The van der Waals surface area contributed by atoms with Gasteiger partial charge >= 0.3 is 24.7 Å². The quantitative estimate of drug-likeness (QED) is 0.171. The lowest BCUT2D eigenvalue weighted by atomic mass is 9.97. The lowest BCUT2D eigenvalue weighted by molar-refractivity contribution is -0.138. The summed E-state index contributed by atoms with van der Waals surface area (Å²) in [6.45, 7) is 0. The van der Waals surface area contributed by atoms with Crippen molar-refractivity contribution >= 4 is 48.4 Å². The largest absolute Gasteiger partial charge is 0.416 e. The first-order chi connectivity index (χ1) is 30.7. The molecule has 3 aromatic heterocycles. The standard InChI is InChI=1S/C48H23BrF12N4/c49-42-41-40(26-7-15-30(16-8-26)48(59,60)61)36-22-21-35-38(24-3-11-28(12-4-24)46(53,54)55)33-19-17-31(62-33)37(23-1-9-27(10-2-23)45(50,51)52)32-18-20-34(63-32)39(43(42)64-44(41)65(35)36)25-5-13-29(14-6-25)47(56,57)58/h1-22,63H. The summed E-state index contributed by atoms with van der Waals surface area (Å²) in [6, 6.07) is 24.0. The molecule has 1 N–H and O–H groups in total. The van der Waals surface area contributed by atoms with Gasteiger partial charge in [0.2, 0.25) is 0 Å². The lowest BCUT2D eigenvalue weighted by Crippen LogP contribution is -2.20. The maximum atomic E-state index is 13.9. The monoisotopic (exact) mass is 962 g/mol. The summed E-state index contributed by atoms with van der Waals surface area (Å²) in [4.78, 5) is 13.4. The molecule has 0 saturated heterocycles. The lowest BCUT2D eigenvalue weighted by Gasteiger charge is -2.13. The van der Waals surface area contributed by atoms with Crippen LogP contribution in [0.4, 0.5) is 52.7 Å². The Morgan fingerprint density at radius 3 is 1.34 bits per heavy atom. The topological polar surface area (TPSA) is 44.9 Å². The van der Waals surface area contributed by atoms with Gasteiger partial charge in [0.15, 0.2) is 0 Å². The number of hydrogen-bond donors (Lipinski definition) is 1. The maximum absolute atomic E-state index is 13.9. The molecule has 4 aromatic carbocycles. The molecule has 6 heterocycles. The van der Waals surface area contributed by atoms with Crippen LogP contribution in [0.5, 0.6) is 0 Å². The van der Waals surface area contributed by atoms with E-state index in [4.69, 9.17) is 9.98 Å². The highest BCUT2D eigenvalue weighted by Crippen LogP contribution is 2.45. The van der Waals surface area contributed by atoms with Crippen LogP contribution >= 0.6 is 15.9 Å². The second-order valence-electron chi connectivity index (χ2n) is 15.2. The number of H-pyrrole nitrogens is 1. The van der Waals surface area contributed by atoms with E-state index in [2.05, 4.69) is 20.9 Å². The Kier molecular flexibility index (Phi) is 9.43. The van der Waals surface area contributed by atoms with Crippen molar-refractivity contribution < 1.29 is 52.7 Å². The fourth-order valence-electron chi connectivity index (χ4n) is 8.37. The summed E-state index contributed by atoms with van der Waals surface area (Å²) in [5.74, 6) is 0. The van der Waals surface area contributed by atoms with Gasteiger partial charge in [-0.2, -0.15) is 52.7 Å². The van der Waals surface area contributed by atoms with Crippen LogP contribution < -0.4 is 16.2 Å². The number of benzene rings is 4. The molecule has 10 rings (SSSR count). The summed E-state index contributed by atoms with van der Waals surface area (Å²) in [7, 11) is 0. The molecule has 0 atom stereocenters. The number of aromatic nitrogens is 2. The van der Waals surface area contributed by atoms with Crippen molar-refractivity contribution in [1.82, 2.24) is 9.38 Å². The van der Waals surface area contributed by atoms with Crippen LogP contribution in [-0.4, -0.2) is 15.1 Å². The van der Waals surface area contributed by atoms with Crippen molar-refractivity contribution in [3.63, 3.8) is 0 Å². The van der Waals surface area contributed by atoms with Crippen LogP contribution in [-0.2, 0) is 24.7 Å². The number of nitrogens with zero attached hydrogens (tertiary/aromatic N) is 3. The maximum Gasteiger partial charge on any atom is 0.416 e. The zero-order valence-corrected chi connectivity index (χ0v) is 34.0. The highest BCUT2D eigenvalue weighted by atomic mass is 79.9. The van der Waals surface area contributed by atoms with Crippen LogP contribution in [0.15, 0.2) is 155 Å². The van der Waals surface area contributed by atoms with E-state index in [-0.39, 0.29) is 44.9 Å². The van der Waals surface area contributed by atoms with Crippen LogP contribution in [0.3, 0.4) is 0 Å². The Hall–Kier alpha value is -6.88. The van der Waals surface area contributed by atoms with E-state index in [0.717, 1.165) is 48.5 Å². The number of allylic oxidation sites excluding steroid dienone is 3. The van der Waals surface area contributed by atoms with E-state index < -0.39 is 47.0 Å². The van der Waals surface area contributed by atoms with Crippen LogP contribution in [0.2, 0.25) is 0 Å². The van der Waals surface area contributed by atoms with Crippen molar-refractivity contribution in [2.24, 2.45) is 9.98 Å². The molecule has 0 fully saturated rings. The Bertz CT molecular complexity index is 3430. The van der Waals surface area contributed by atoms with Gasteiger partial charge in [-0.3, -0.25) is 4.40 Å². The Morgan fingerprint density at radius 1 is 0.431 bits per heavy atom. The third kappa shape index (κ3) is 7.12. The van der Waals surface area contributed by atoms with Crippen molar-refractivity contribution in [3.8, 4) is 11.1 Å². The van der Waals surface area contributed by atoms with Gasteiger partial charge < -0.3 is 4.98 Å². The van der Waals surface area contributed by atoms with Gasteiger partial charge in [-0.25, -0.2) is 9.98 Å². The predicted octanol–water partition coefficient (Wildman–Crippen LogP) is 12.3. The minimum Gasteiger partial charge on any atom is -0.354 e. The summed E-state index contributed by atoms with van der Waals surface area (Å²) >= 11 is 3.72. The molecule has 326 valence electrons. The molecule has 7 aromatic rings. The number of hydrogen-bond acceptors (Lipinski definition) is 2. The molecule has 65 heavy (non-hydrogen) atoms. The van der Waals surface area contributed by atoms with Crippen LogP contribution in [0.25, 0.3) is 37.8 Å². The molecule has 3 aliphatic rings. The van der Waals surface area contributed by atoms with E-state index in [1.54, 1.807) is 40.8 Å². The number of rotatable bonds is 4. The van der Waals surface area contributed by atoms with Crippen molar-refractivity contribution in [2.45, 2.75) is 24.7 Å². The van der Waals surface area contributed by atoms with E-state index in [9.17, 15) is 52.7 Å². The number of aromatic amines is 1. The van der Waals surface area contributed by atoms with Crippen molar-refractivity contribution in [3.05, 3.63) is 211 Å². The summed E-state index contributed by atoms with van der Waals surface area (Å²) in [5, 5.41) is 0.630. The molecular weight excluding hydrogens is 940 g/mol. The first kappa shape index (κ1) is 42.1. The third-order valence-corrected chi connectivity index (χ3v) is 12.1. The smallest absolute Gasteiger partial charge is 0.354 e. The van der Waals surface area contributed by atoms with Gasteiger partial charge in [0.05, 0.1) is 55.1 Å². The molecule has 6 bridgehead atoms. The molecular formula is C48H23BrF12N4. The minimum absolute atomic E-state index is 0.188. The molecule has 4 nitrogen and oxygen atoms in total. The Balaban J connectivity index is 1.34. The predicted molar refractivity (Wildman–Crippen MR) is 222 cm³/mol. The Morgan fingerprint density at radius 2 is 0.862 bits per heavy atom. The summed E-state index contributed by atoms with van der Waals surface area (Å²) in [6.07, 6.45) is -15.5. The fourth-order valence-corrected chi connectivity index (χ4v) is 9.03. The van der Waals surface area contributed by atoms with E-state index in [1.807, 2.05) is 0 Å². The van der Waals surface area contributed by atoms with Gasteiger partial charge in [-0.1, -0.05) is 48.5 Å². The van der Waals surface area contributed by atoms with Gasteiger partial charge in [-0.15, -0.1) is 0 Å². The number of alkyl halides is 12. The highest BCUT2D eigenvalue weighted by Gasteiger charge is 2.36. The molecule has 0 amide bonds. The average molecular weight is 964 g/mol. The molecule has 0 radical (unpaired) electrons. The highest BCUT2D eigenvalue weighted by molar-refractivity contribution is 9.15. The van der Waals surface area contributed by atoms with E-state index in [0.29, 0.717) is 54.2 Å². The van der Waals surface area contributed by atoms with Crippen LogP contribution in [0, 0.1) is 0 Å². The van der Waals surface area contributed by atoms with Gasteiger partial charge in [0.25, 0.3) is 0 Å². The van der Waals surface area contributed by atoms with Crippen LogP contribution in [0.1, 0.15) is 50.2 Å². The number of nitrogens with one attached hydrogen (secondary N) is 1. The fraction of sp³-hybridized carbons (Fsp3) is 0.0833. The normalized spacial score (nSPS) is 15.4. The Labute approximate surface area is 366 Å². The third-order valence-electron chi connectivity index (χ3n) is 11.3. The minimum atomic E-state index is -4.68. The zero-order valence-electron chi connectivity index (χ0n) is 32.5. The first-order valence-corrected chi connectivity index (χ1v) is 20.1. The second kappa shape index (κ2) is 14.6. The summed E-state index contributed by atoms with van der Waals surface area (Å²) < 4.78 is 168. The molecule has 0 aliphatic carbocycles. The van der Waals surface area contributed by atoms with Crippen molar-refractivity contribution in [1.29, 1.82) is 0 Å². The number of fused-ring (bicyclic) bond motifs is 4. The number of aliphatic imine (C=N–C) groups is 1. The zero-order chi connectivity index (χ0) is 46.0. The molecule has 3 aliphatic heterocycles. The van der Waals surface area contributed by atoms with E-state index >= 15 is 0 Å². The molecule has 17 heteroatoms.